The van der Waals surface area contributed by atoms with Crippen LogP contribution < -0.4 is 5.32 Å². The number of amides is 1. The van der Waals surface area contributed by atoms with Crippen LogP contribution in [0.4, 0.5) is 0 Å². The lowest BCUT2D eigenvalue weighted by atomic mass is 10.1. The van der Waals surface area contributed by atoms with Gasteiger partial charge in [-0.3, -0.25) is 4.79 Å². The molecule has 22 heavy (non-hydrogen) atoms. The molecule has 2 rings (SSSR count). The van der Waals surface area contributed by atoms with Gasteiger partial charge in [0.1, 0.15) is 0 Å². The van der Waals surface area contributed by atoms with E-state index in [1.54, 1.807) is 12.1 Å². The Labute approximate surface area is 138 Å². The lowest BCUT2D eigenvalue weighted by Gasteiger charge is -2.15. The van der Waals surface area contributed by atoms with Gasteiger partial charge in [0, 0.05) is 10.7 Å². The summed E-state index contributed by atoms with van der Waals surface area (Å²) in [4.78, 5) is 12.4. The summed E-state index contributed by atoms with van der Waals surface area (Å²) in [7, 11) is -3.45. The zero-order chi connectivity index (χ0) is 16.3. The molecule has 1 N–H and O–H groups in total. The van der Waals surface area contributed by atoms with Crippen LogP contribution in [0.2, 0.25) is 0 Å². The first-order chi connectivity index (χ1) is 10.3. The van der Waals surface area contributed by atoms with Crippen molar-refractivity contribution in [3.05, 3.63) is 64.1 Å². The molecule has 0 bridgehead atoms. The molecule has 0 saturated heterocycles. The molecule has 0 heterocycles. The van der Waals surface area contributed by atoms with E-state index in [1.165, 1.54) is 12.1 Å². The molecule has 0 aromatic heterocycles. The fraction of sp³-hybridized carbons (Fsp3) is 0.188. The average Bonchev–Trinajstić information content (AvgIpc) is 2.47. The number of nitrogens with one attached hydrogen (secondary N) is 1. The lowest BCUT2D eigenvalue weighted by molar-refractivity contribution is 0.0936. The molecule has 116 valence electrons. The predicted octanol–water partition coefficient (Wildman–Crippen LogP) is 3.34. The number of carbonyl (C=O) groups is 1. The van der Waals surface area contributed by atoms with Crippen LogP contribution in [0, 0.1) is 0 Å². The Morgan fingerprint density at radius 3 is 2.27 bits per heavy atom. The summed E-state index contributed by atoms with van der Waals surface area (Å²) in [6.07, 6.45) is 1.09. The first-order valence-corrected chi connectivity index (χ1v) is 9.33. The van der Waals surface area contributed by atoms with Crippen LogP contribution in [-0.2, 0) is 9.84 Å². The van der Waals surface area contributed by atoms with E-state index >= 15 is 0 Å². The van der Waals surface area contributed by atoms with Gasteiger partial charge in [0.2, 0.25) is 0 Å². The summed E-state index contributed by atoms with van der Waals surface area (Å²) < 4.78 is 24.5. The quantitative estimate of drug-likeness (QED) is 0.882. The molecule has 4 nitrogen and oxygen atoms in total. The Balaban J connectivity index is 2.25. The van der Waals surface area contributed by atoms with Gasteiger partial charge in [-0.2, -0.15) is 0 Å². The Morgan fingerprint density at radius 1 is 1.09 bits per heavy atom. The monoisotopic (exact) mass is 381 g/mol. The summed E-state index contributed by atoms with van der Waals surface area (Å²) >= 11 is 3.36. The van der Waals surface area contributed by atoms with E-state index in [1.807, 2.05) is 31.2 Å². The molecule has 0 aliphatic carbocycles. The molecule has 0 radical (unpaired) electrons. The largest absolute Gasteiger partial charge is 0.345 e. The van der Waals surface area contributed by atoms with Gasteiger partial charge in [0.15, 0.2) is 9.84 Å². The van der Waals surface area contributed by atoms with E-state index < -0.39 is 15.7 Å². The van der Waals surface area contributed by atoms with Gasteiger partial charge in [-0.1, -0.05) is 40.2 Å². The maximum Gasteiger partial charge on any atom is 0.253 e. The van der Waals surface area contributed by atoms with E-state index in [0.29, 0.717) is 0 Å². The Morgan fingerprint density at radius 2 is 1.68 bits per heavy atom. The topological polar surface area (TPSA) is 63.2 Å². The second-order valence-corrected chi connectivity index (χ2v) is 7.91. The molecular formula is C16H16BrNO3S. The van der Waals surface area contributed by atoms with Crippen molar-refractivity contribution in [3.63, 3.8) is 0 Å². The van der Waals surface area contributed by atoms with Crippen molar-refractivity contribution in [3.8, 4) is 0 Å². The summed E-state index contributed by atoms with van der Waals surface area (Å²) in [5.74, 6) is -0.406. The smallest absolute Gasteiger partial charge is 0.253 e. The van der Waals surface area contributed by atoms with E-state index in [9.17, 15) is 13.2 Å². The highest BCUT2D eigenvalue weighted by Crippen LogP contribution is 2.19. The van der Waals surface area contributed by atoms with Crippen LogP contribution >= 0.6 is 15.9 Å². The zero-order valence-corrected chi connectivity index (χ0v) is 14.6. The highest BCUT2D eigenvalue weighted by molar-refractivity contribution is 9.10. The number of benzene rings is 2. The fourth-order valence-corrected chi connectivity index (χ4v) is 3.24. The van der Waals surface area contributed by atoms with Gasteiger partial charge in [-0.15, -0.1) is 0 Å². The van der Waals surface area contributed by atoms with Gasteiger partial charge in [0.05, 0.1) is 16.5 Å². The number of hydrogen-bond acceptors (Lipinski definition) is 3. The van der Waals surface area contributed by atoms with Gasteiger partial charge in [-0.25, -0.2) is 8.42 Å². The van der Waals surface area contributed by atoms with Crippen molar-refractivity contribution >= 4 is 31.7 Å². The van der Waals surface area contributed by atoms with Crippen molar-refractivity contribution in [2.45, 2.75) is 17.9 Å². The molecule has 2 aromatic rings. The van der Waals surface area contributed by atoms with Crippen molar-refractivity contribution in [2.75, 3.05) is 6.26 Å². The van der Waals surface area contributed by atoms with Crippen molar-refractivity contribution < 1.29 is 13.2 Å². The van der Waals surface area contributed by atoms with E-state index in [0.717, 1.165) is 16.3 Å². The van der Waals surface area contributed by atoms with Crippen molar-refractivity contribution in [1.29, 1.82) is 0 Å². The van der Waals surface area contributed by atoms with Crippen LogP contribution in [-0.4, -0.2) is 20.6 Å². The standard InChI is InChI=1S/C16H16BrNO3S/c1-11(12-7-9-13(17)10-8-12)18-16(19)14-5-3-4-6-15(14)22(2,20)21/h3-11H,1-2H3,(H,18,19)/t11-/m0/s1. The molecule has 0 saturated carbocycles. The fourth-order valence-electron chi connectivity index (χ4n) is 2.09. The number of rotatable bonds is 4. The SMILES string of the molecule is C[C@H](NC(=O)c1ccccc1S(C)(=O)=O)c1ccc(Br)cc1. The van der Waals surface area contributed by atoms with Gasteiger partial charge in [-0.05, 0) is 36.8 Å². The zero-order valence-electron chi connectivity index (χ0n) is 12.2. The number of hydrogen-bond donors (Lipinski definition) is 1. The third-order valence-electron chi connectivity index (χ3n) is 3.25. The molecule has 0 aliphatic rings. The molecule has 0 spiro atoms. The molecular weight excluding hydrogens is 366 g/mol. The number of halogens is 1. The Hall–Kier alpha value is -1.66. The molecule has 6 heteroatoms. The highest BCUT2D eigenvalue weighted by atomic mass is 79.9. The van der Waals surface area contributed by atoms with Crippen LogP contribution in [0.1, 0.15) is 28.9 Å². The molecule has 0 unspecified atom stereocenters. The second-order valence-electron chi connectivity index (χ2n) is 5.02. The Kier molecular flexibility index (Phi) is 5.03. The van der Waals surface area contributed by atoms with Crippen LogP contribution in [0.3, 0.4) is 0 Å². The van der Waals surface area contributed by atoms with Gasteiger partial charge < -0.3 is 5.32 Å². The normalized spacial score (nSPS) is 12.7. The lowest BCUT2D eigenvalue weighted by Crippen LogP contribution is -2.28. The minimum atomic E-state index is -3.45. The predicted molar refractivity (Wildman–Crippen MR) is 89.6 cm³/mol. The minimum Gasteiger partial charge on any atom is -0.345 e. The highest BCUT2D eigenvalue weighted by Gasteiger charge is 2.19. The summed E-state index contributed by atoms with van der Waals surface area (Å²) in [5.41, 5.74) is 1.10. The van der Waals surface area contributed by atoms with Gasteiger partial charge in [0.25, 0.3) is 5.91 Å². The minimum absolute atomic E-state index is 0.0375. The molecule has 0 aliphatic heterocycles. The first-order valence-electron chi connectivity index (χ1n) is 6.64. The molecule has 2 aromatic carbocycles. The van der Waals surface area contributed by atoms with Gasteiger partial charge >= 0.3 is 0 Å². The first kappa shape index (κ1) is 16.7. The van der Waals surface area contributed by atoms with Crippen LogP contribution in [0.15, 0.2) is 57.9 Å². The van der Waals surface area contributed by atoms with Crippen molar-refractivity contribution in [2.24, 2.45) is 0 Å². The molecule has 0 fully saturated rings. The van der Waals surface area contributed by atoms with E-state index in [-0.39, 0.29) is 16.5 Å². The molecule has 1 amide bonds. The maximum atomic E-state index is 12.4. The average molecular weight is 382 g/mol. The van der Waals surface area contributed by atoms with E-state index in [2.05, 4.69) is 21.2 Å². The van der Waals surface area contributed by atoms with Crippen LogP contribution in [0.25, 0.3) is 0 Å². The third kappa shape index (κ3) is 3.96. The second kappa shape index (κ2) is 6.62. The van der Waals surface area contributed by atoms with E-state index in [4.69, 9.17) is 0 Å². The summed E-state index contributed by atoms with van der Waals surface area (Å²) in [5, 5.41) is 2.83. The van der Waals surface area contributed by atoms with Crippen molar-refractivity contribution in [1.82, 2.24) is 5.32 Å². The van der Waals surface area contributed by atoms with Crippen LogP contribution in [0.5, 0.6) is 0 Å². The molecule has 1 atom stereocenters. The Bertz CT molecular complexity index is 785. The maximum absolute atomic E-state index is 12.4. The number of sulfone groups is 1. The number of carbonyl (C=O) groups excluding carboxylic acids is 1. The third-order valence-corrected chi connectivity index (χ3v) is 4.93. The summed E-state index contributed by atoms with van der Waals surface area (Å²) in [6, 6.07) is 13.6. The summed E-state index contributed by atoms with van der Waals surface area (Å²) in [6.45, 7) is 1.85.